The van der Waals surface area contributed by atoms with Gasteiger partial charge in [0.2, 0.25) is 0 Å². The molecule has 4 heteroatoms. The van der Waals surface area contributed by atoms with Gasteiger partial charge in [0.1, 0.15) is 5.69 Å². The molecule has 0 unspecified atom stereocenters. The van der Waals surface area contributed by atoms with Crippen LogP contribution in [0, 0.1) is 0 Å². The lowest BCUT2D eigenvalue weighted by molar-refractivity contribution is 0.0686. The number of hydrogen-bond acceptors (Lipinski definition) is 1. The molecule has 0 spiro atoms. The maximum atomic E-state index is 11.5. The van der Waals surface area contributed by atoms with E-state index in [-0.39, 0.29) is 0 Å². The lowest BCUT2D eigenvalue weighted by Crippen LogP contribution is -2.09. The van der Waals surface area contributed by atoms with Crippen molar-refractivity contribution in [3.8, 4) is 11.1 Å². The van der Waals surface area contributed by atoms with E-state index < -0.39 is 5.97 Å². The van der Waals surface area contributed by atoms with Gasteiger partial charge < -0.3 is 9.67 Å². The Morgan fingerprint density at radius 2 is 1.95 bits per heavy atom. The summed E-state index contributed by atoms with van der Waals surface area (Å²) < 4.78 is 1.75. The molecule has 0 aliphatic carbocycles. The second kappa shape index (κ2) is 5.97. The van der Waals surface area contributed by atoms with Crippen molar-refractivity contribution in [3.05, 3.63) is 58.9 Å². The Labute approximate surface area is 123 Å². The average molecular weight is 290 g/mol. The molecule has 0 aliphatic rings. The predicted molar refractivity (Wildman–Crippen MR) is 81.3 cm³/mol. The molecule has 0 amide bonds. The molecule has 0 aliphatic heterocycles. The molecule has 0 saturated heterocycles. The first-order valence-corrected chi connectivity index (χ1v) is 6.71. The van der Waals surface area contributed by atoms with Gasteiger partial charge >= 0.3 is 5.97 Å². The smallest absolute Gasteiger partial charge is 0.353 e. The molecule has 0 bridgehead atoms. The van der Waals surface area contributed by atoms with Crippen LogP contribution < -0.4 is 0 Å². The topological polar surface area (TPSA) is 42.2 Å². The van der Waals surface area contributed by atoms with Crippen molar-refractivity contribution in [2.45, 2.75) is 20.4 Å². The number of rotatable bonds is 4. The Kier molecular flexibility index (Phi) is 4.30. The summed E-state index contributed by atoms with van der Waals surface area (Å²) in [5.74, 6) is -0.927. The van der Waals surface area contributed by atoms with Gasteiger partial charge in [-0.25, -0.2) is 4.79 Å². The monoisotopic (exact) mass is 289 g/mol. The lowest BCUT2D eigenvalue weighted by Gasteiger charge is -2.08. The van der Waals surface area contributed by atoms with Gasteiger partial charge in [-0.15, -0.1) is 0 Å². The minimum atomic E-state index is -0.927. The van der Waals surface area contributed by atoms with Gasteiger partial charge in [-0.3, -0.25) is 0 Å². The van der Waals surface area contributed by atoms with Crippen LogP contribution in [0.15, 0.2) is 48.2 Å². The normalized spacial score (nSPS) is 11.7. The third-order valence-corrected chi connectivity index (χ3v) is 3.49. The van der Waals surface area contributed by atoms with Gasteiger partial charge in [0.05, 0.1) is 0 Å². The lowest BCUT2D eigenvalue weighted by atomic mass is 10.1. The molecule has 2 aromatic rings. The first-order valence-electron chi connectivity index (χ1n) is 6.33. The fourth-order valence-corrected chi connectivity index (χ4v) is 2.19. The number of carboxylic acids is 1. The third kappa shape index (κ3) is 2.94. The molecule has 0 fully saturated rings. The van der Waals surface area contributed by atoms with Crippen LogP contribution in [-0.4, -0.2) is 15.6 Å². The summed E-state index contributed by atoms with van der Waals surface area (Å²) in [5, 5.41) is 10.1. The number of halogens is 1. The Hall–Kier alpha value is -2.00. The van der Waals surface area contributed by atoms with Crippen molar-refractivity contribution in [1.82, 2.24) is 4.57 Å². The molecule has 0 radical (unpaired) electrons. The first kappa shape index (κ1) is 14.4. The Morgan fingerprint density at radius 3 is 2.50 bits per heavy atom. The van der Waals surface area contributed by atoms with Crippen LogP contribution in [0.5, 0.6) is 0 Å². The minimum absolute atomic E-state index is 0.300. The van der Waals surface area contributed by atoms with Crippen LogP contribution in [0.3, 0.4) is 0 Å². The number of aromatic carboxylic acids is 1. The summed E-state index contributed by atoms with van der Waals surface area (Å²) in [7, 11) is 0. The van der Waals surface area contributed by atoms with Crippen molar-refractivity contribution >= 4 is 17.6 Å². The van der Waals surface area contributed by atoms with E-state index in [2.05, 4.69) is 0 Å². The molecule has 20 heavy (non-hydrogen) atoms. The van der Waals surface area contributed by atoms with Crippen LogP contribution in [-0.2, 0) is 6.54 Å². The van der Waals surface area contributed by atoms with Crippen LogP contribution in [0.25, 0.3) is 11.1 Å². The number of carbonyl (C=O) groups is 1. The van der Waals surface area contributed by atoms with Gasteiger partial charge in [0.15, 0.2) is 0 Å². The van der Waals surface area contributed by atoms with E-state index in [0.29, 0.717) is 22.8 Å². The van der Waals surface area contributed by atoms with Crippen LogP contribution >= 0.6 is 11.6 Å². The van der Waals surface area contributed by atoms with Crippen molar-refractivity contribution in [2.75, 3.05) is 0 Å². The Bertz CT molecular complexity index is 654. The van der Waals surface area contributed by atoms with Crippen molar-refractivity contribution in [1.29, 1.82) is 0 Å². The summed E-state index contributed by atoms with van der Waals surface area (Å²) in [6, 6.07) is 9.01. The zero-order valence-electron chi connectivity index (χ0n) is 11.4. The maximum absolute atomic E-state index is 11.5. The van der Waals surface area contributed by atoms with E-state index in [1.807, 2.05) is 38.1 Å². The summed E-state index contributed by atoms with van der Waals surface area (Å²) in [6.07, 6.45) is 3.79. The van der Waals surface area contributed by atoms with E-state index in [1.165, 1.54) is 0 Å². The zero-order chi connectivity index (χ0) is 14.7. The first-order chi connectivity index (χ1) is 9.52. The third-order valence-electron chi connectivity index (χ3n) is 3.23. The van der Waals surface area contributed by atoms with Gasteiger partial charge in [-0.1, -0.05) is 35.4 Å². The van der Waals surface area contributed by atoms with Gasteiger partial charge in [-0.05, 0) is 37.6 Å². The Morgan fingerprint density at radius 1 is 1.30 bits per heavy atom. The molecule has 0 atom stereocenters. The number of allylic oxidation sites excluding steroid dienone is 2. The highest BCUT2D eigenvalue weighted by atomic mass is 35.5. The molecule has 1 heterocycles. The summed E-state index contributed by atoms with van der Waals surface area (Å²) in [6.45, 7) is 4.50. The second-order valence-corrected chi connectivity index (χ2v) is 5.09. The largest absolute Gasteiger partial charge is 0.477 e. The second-order valence-electron chi connectivity index (χ2n) is 4.65. The highest BCUT2D eigenvalue weighted by molar-refractivity contribution is 6.30. The summed E-state index contributed by atoms with van der Waals surface area (Å²) >= 11 is 5.87. The molecule has 1 N–H and O–H groups in total. The molecule has 1 aromatic heterocycles. The molecule has 0 saturated carbocycles. The highest BCUT2D eigenvalue weighted by Gasteiger charge is 2.17. The van der Waals surface area contributed by atoms with E-state index in [0.717, 1.165) is 11.1 Å². The van der Waals surface area contributed by atoms with E-state index in [4.69, 9.17) is 11.6 Å². The minimum Gasteiger partial charge on any atom is -0.477 e. The van der Waals surface area contributed by atoms with Crippen molar-refractivity contribution in [2.24, 2.45) is 0 Å². The molecular weight excluding hydrogens is 274 g/mol. The number of carboxylic acid groups (broad SMARTS) is 1. The standard InChI is InChI=1S/C16H16ClNO2/c1-3-11(2)10-18-9-8-14(15(18)16(19)20)12-4-6-13(17)7-5-12/h3-9H,10H2,1-2H3,(H,19,20). The molecule has 3 nitrogen and oxygen atoms in total. The summed E-state index contributed by atoms with van der Waals surface area (Å²) in [4.78, 5) is 11.5. The van der Waals surface area contributed by atoms with Crippen molar-refractivity contribution in [3.63, 3.8) is 0 Å². The van der Waals surface area contributed by atoms with E-state index >= 15 is 0 Å². The fraction of sp³-hybridized carbons (Fsp3) is 0.188. The van der Waals surface area contributed by atoms with Gasteiger partial charge in [0.25, 0.3) is 0 Å². The predicted octanol–water partition coefficient (Wildman–Crippen LogP) is 4.47. The molecule has 2 rings (SSSR count). The van der Waals surface area contributed by atoms with E-state index in [1.54, 1.807) is 22.9 Å². The molecular formula is C16H16ClNO2. The number of aromatic nitrogens is 1. The van der Waals surface area contributed by atoms with Crippen LogP contribution in [0.1, 0.15) is 24.3 Å². The number of hydrogen-bond donors (Lipinski definition) is 1. The highest BCUT2D eigenvalue weighted by Crippen LogP contribution is 2.27. The Balaban J connectivity index is 2.49. The number of nitrogens with zero attached hydrogens (tertiary/aromatic N) is 1. The SMILES string of the molecule is CC=C(C)Cn1ccc(-c2ccc(Cl)cc2)c1C(=O)O. The summed E-state index contributed by atoms with van der Waals surface area (Å²) in [5.41, 5.74) is 2.97. The number of benzene rings is 1. The quantitative estimate of drug-likeness (QED) is 0.844. The van der Waals surface area contributed by atoms with E-state index in [9.17, 15) is 9.90 Å². The average Bonchev–Trinajstić information content (AvgIpc) is 2.83. The fourth-order valence-electron chi connectivity index (χ4n) is 2.06. The van der Waals surface area contributed by atoms with Gasteiger partial charge in [-0.2, -0.15) is 0 Å². The maximum Gasteiger partial charge on any atom is 0.353 e. The zero-order valence-corrected chi connectivity index (χ0v) is 12.2. The van der Waals surface area contributed by atoms with Crippen molar-refractivity contribution < 1.29 is 9.90 Å². The molecule has 1 aromatic carbocycles. The van der Waals surface area contributed by atoms with Crippen LogP contribution in [0.4, 0.5) is 0 Å². The van der Waals surface area contributed by atoms with Crippen LogP contribution in [0.2, 0.25) is 5.02 Å². The molecule has 104 valence electrons. The van der Waals surface area contributed by atoms with Gasteiger partial charge in [0, 0.05) is 23.3 Å².